The Morgan fingerprint density at radius 2 is 1.41 bits per heavy atom. The van der Waals surface area contributed by atoms with Gasteiger partial charge in [-0.15, -0.1) is 0 Å². The van der Waals surface area contributed by atoms with Gasteiger partial charge in [0, 0.05) is 5.57 Å². The van der Waals surface area contributed by atoms with Gasteiger partial charge in [0.15, 0.2) is 11.4 Å². The maximum atomic E-state index is 11.5. The Kier molecular flexibility index (Phi) is 8.08. The van der Waals surface area contributed by atoms with E-state index in [2.05, 4.69) is 6.58 Å². The minimum atomic E-state index is -1.21. The van der Waals surface area contributed by atoms with Crippen LogP contribution in [0.4, 0.5) is 0 Å². The van der Waals surface area contributed by atoms with Crippen molar-refractivity contribution < 1.29 is 33.4 Å². The van der Waals surface area contributed by atoms with Crippen molar-refractivity contribution in [2.45, 2.75) is 46.1 Å². The van der Waals surface area contributed by atoms with Gasteiger partial charge in [0.1, 0.15) is 13.2 Å². The number of carbonyl (C=O) groups excluding carboxylic acids is 4. The zero-order valence-electron chi connectivity index (χ0n) is 13.4. The molecule has 0 radical (unpaired) electrons. The monoisotopic (exact) mass is 314 g/mol. The number of esters is 3. The topological polar surface area (TPSA) is 96.0 Å². The first-order valence-electron chi connectivity index (χ1n) is 6.77. The van der Waals surface area contributed by atoms with Crippen molar-refractivity contribution in [2.75, 3.05) is 13.2 Å². The van der Waals surface area contributed by atoms with E-state index in [0.29, 0.717) is 0 Å². The molecule has 0 aromatic carbocycles. The summed E-state index contributed by atoms with van der Waals surface area (Å²) in [5.41, 5.74) is -0.959. The lowest BCUT2D eigenvalue weighted by Crippen LogP contribution is -2.35. The van der Waals surface area contributed by atoms with Crippen molar-refractivity contribution in [3.05, 3.63) is 12.2 Å². The normalized spacial score (nSPS) is 10.5. The predicted molar refractivity (Wildman–Crippen MR) is 76.8 cm³/mol. The summed E-state index contributed by atoms with van der Waals surface area (Å²) >= 11 is 0. The van der Waals surface area contributed by atoms with E-state index in [1.54, 1.807) is 0 Å². The molecule has 22 heavy (non-hydrogen) atoms. The summed E-state index contributed by atoms with van der Waals surface area (Å²) in [4.78, 5) is 45.1. The van der Waals surface area contributed by atoms with E-state index in [9.17, 15) is 19.2 Å². The van der Waals surface area contributed by atoms with E-state index in [-0.39, 0.29) is 37.4 Å². The quantitative estimate of drug-likeness (QED) is 0.274. The average molecular weight is 314 g/mol. The lowest BCUT2D eigenvalue weighted by atomic mass is 10.1. The molecule has 0 aliphatic carbocycles. The van der Waals surface area contributed by atoms with Crippen LogP contribution in [0.1, 0.15) is 40.5 Å². The van der Waals surface area contributed by atoms with E-state index < -0.39 is 23.5 Å². The molecule has 7 nitrogen and oxygen atoms in total. The minimum absolute atomic E-state index is 0.0841. The van der Waals surface area contributed by atoms with Gasteiger partial charge in [-0.05, 0) is 27.7 Å². The highest BCUT2D eigenvalue weighted by Gasteiger charge is 2.28. The van der Waals surface area contributed by atoms with Gasteiger partial charge in [0.2, 0.25) is 0 Å². The number of hydrogen-bond donors (Lipinski definition) is 0. The van der Waals surface area contributed by atoms with Crippen LogP contribution in [0, 0.1) is 0 Å². The smallest absolute Gasteiger partial charge is 0.333 e. The van der Waals surface area contributed by atoms with Crippen molar-refractivity contribution in [2.24, 2.45) is 0 Å². The Hall–Kier alpha value is -2.18. The summed E-state index contributed by atoms with van der Waals surface area (Å²) in [6.45, 7) is 8.98. The highest BCUT2D eigenvalue weighted by atomic mass is 16.6. The standard InChI is InChI=1S/C15H22O7/c1-10(2)14(19)21-9-8-20-12(17)6-7-13(18)22-15(4,5)11(3)16/h1,6-9H2,2-5H3. The highest BCUT2D eigenvalue weighted by Crippen LogP contribution is 2.12. The maximum absolute atomic E-state index is 11.5. The second-order valence-electron chi connectivity index (χ2n) is 5.18. The van der Waals surface area contributed by atoms with Gasteiger partial charge >= 0.3 is 17.9 Å². The van der Waals surface area contributed by atoms with Crippen LogP contribution in [0.3, 0.4) is 0 Å². The third-order valence-electron chi connectivity index (χ3n) is 2.68. The second-order valence-corrected chi connectivity index (χ2v) is 5.18. The van der Waals surface area contributed by atoms with Gasteiger partial charge in [-0.3, -0.25) is 14.4 Å². The van der Waals surface area contributed by atoms with Crippen LogP contribution in [0.15, 0.2) is 12.2 Å². The van der Waals surface area contributed by atoms with E-state index >= 15 is 0 Å². The Morgan fingerprint density at radius 1 is 0.909 bits per heavy atom. The molecule has 0 spiro atoms. The summed E-state index contributed by atoms with van der Waals surface area (Å²) in [6.07, 6.45) is -0.373. The van der Waals surface area contributed by atoms with Gasteiger partial charge in [-0.25, -0.2) is 4.79 Å². The number of ketones is 1. The number of hydrogen-bond acceptors (Lipinski definition) is 7. The van der Waals surface area contributed by atoms with Crippen molar-refractivity contribution in [3.8, 4) is 0 Å². The molecule has 0 saturated heterocycles. The Morgan fingerprint density at radius 3 is 1.91 bits per heavy atom. The first-order chi connectivity index (χ1) is 10.1. The molecule has 0 aliphatic heterocycles. The molecule has 0 rings (SSSR count). The molecule has 0 aliphatic rings. The fourth-order valence-corrected chi connectivity index (χ4v) is 1.10. The predicted octanol–water partition coefficient (Wildman–Crippen LogP) is 1.34. The molecule has 0 amide bonds. The Bertz CT molecular complexity index is 463. The van der Waals surface area contributed by atoms with Crippen LogP contribution in [-0.4, -0.2) is 42.5 Å². The van der Waals surface area contributed by atoms with Crippen LogP contribution in [-0.2, 0) is 33.4 Å². The molecule has 0 saturated carbocycles. The third-order valence-corrected chi connectivity index (χ3v) is 2.68. The van der Waals surface area contributed by atoms with Crippen LogP contribution in [0.2, 0.25) is 0 Å². The highest BCUT2D eigenvalue weighted by molar-refractivity contribution is 5.87. The van der Waals surface area contributed by atoms with Crippen LogP contribution >= 0.6 is 0 Å². The Labute approximate surface area is 129 Å². The molecule has 0 bridgehead atoms. The van der Waals surface area contributed by atoms with E-state index in [1.165, 1.54) is 27.7 Å². The molecule has 0 N–H and O–H groups in total. The van der Waals surface area contributed by atoms with Crippen LogP contribution in [0.5, 0.6) is 0 Å². The largest absolute Gasteiger partial charge is 0.462 e. The van der Waals surface area contributed by atoms with Crippen molar-refractivity contribution >= 4 is 23.7 Å². The van der Waals surface area contributed by atoms with Crippen molar-refractivity contribution in [3.63, 3.8) is 0 Å². The molecular weight excluding hydrogens is 292 g/mol. The summed E-state index contributed by atoms with van der Waals surface area (Å²) in [5.74, 6) is -2.14. The lowest BCUT2D eigenvalue weighted by Gasteiger charge is -2.21. The van der Waals surface area contributed by atoms with Crippen LogP contribution < -0.4 is 0 Å². The second kappa shape index (κ2) is 8.96. The van der Waals surface area contributed by atoms with E-state index in [1.807, 2.05) is 0 Å². The summed E-state index contributed by atoms with van der Waals surface area (Å²) in [6, 6.07) is 0. The first-order valence-corrected chi connectivity index (χ1v) is 6.77. The zero-order valence-corrected chi connectivity index (χ0v) is 13.4. The molecule has 7 heteroatoms. The number of rotatable bonds is 9. The third kappa shape index (κ3) is 8.18. The number of carbonyl (C=O) groups is 4. The maximum Gasteiger partial charge on any atom is 0.333 e. The molecule has 0 atom stereocenters. The SMILES string of the molecule is C=C(C)C(=O)OCCOC(=O)CCC(=O)OC(C)(C)C(C)=O. The minimum Gasteiger partial charge on any atom is -0.462 e. The molecule has 0 aromatic heterocycles. The van der Waals surface area contributed by atoms with Gasteiger partial charge in [-0.2, -0.15) is 0 Å². The van der Waals surface area contributed by atoms with Crippen molar-refractivity contribution in [1.82, 2.24) is 0 Å². The molecule has 0 fully saturated rings. The number of Topliss-reactive ketones (excluding diaryl/α,β-unsaturated/α-hetero) is 1. The summed E-state index contributed by atoms with van der Waals surface area (Å²) in [5, 5.41) is 0. The molecule has 0 unspecified atom stereocenters. The fraction of sp³-hybridized carbons (Fsp3) is 0.600. The zero-order chi connectivity index (χ0) is 17.3. The van der Waals surface area contributed by atoms with Gasteiger partial charge in [0.05, 0.1) is 12.8 Å². The van der Waals surface area contributed by atoms with Crippen LogP contribution in [0.25, 0.3) is 0 Å². The Balaban J connectivity index is 3.91. The lowest BCUT2D eigenvalue weighted by molar-refractivity contribution is -0.164. The first kappa shape index (κ1) is 19.8. The van der Waals surface area contributed by atoms with E-state index in [0.717, 1.165) is 0 Å². The van der Waals surface area contributed by atoms with Crippen molar-refractivity contribution in [1.29, 1.82) is 0 Å². The summed E-state index contributed by atoms with van der Waals surface area (Å²) < 4.78 is 14.5. The fourth-order valence-electron chi connectivity index (χ4n) is 1.10. The number of ether oxygens (including phenoxy) is 3. The van der Waals surface area contributed by atoms with E-state index in [4.69, 9.17) is 14.2 Å². The molecule has 0 aromatic rings. The molecular formula is C15H22O7. The van der Waals surface area contributed by atoms with Gasteiger partial charge in [0.25, 0.3) is 0 Å². The van der Waals surface area contributed by atoms with Gasteiger partial charge < -0.3 is 14.2 Å². The van der Waals surface area contributed by atoms with Gasteiger partial charge in [-0.1, -0.05) is 6.58 Å². The molecule has 0 heterocycles. The summed E-state index contributed by atoms with van der Waals surface area (Å²) in [7, 11) is 0. The average Bonchev–Trinajstić information content (AvgIpc) is 2.40. The molecule has 124 valence electrons.